The maximum absolute atomic E-state index is 12.7. The summed E-state index contributed by atoms with van der Waals surface area (Å²) in [5.74, 6) is 0.965. The molecular formula is C19H28ClN3O3S. The highest BCUT2D eigenvalue weighted by Gasteiger charge is 2.28. The predicted molar refractivity (Wildman–Crippen MR) is 107 cm³/mol. The van der Waals surface area contributed by atoms with Crippen LogP contribution in [0.5, 0.6) is 0 Å². The Labute approximate surface area is 166 Å². The summed E-state index contributed by atoms with van der Waals surface area (Å²) in [5.41, 5.74) is 0.347. The highest BCUT2D eigenvalue weighted by molar-refractivity contribution is 7.89. The highest BCUT2D eigenvalue weighted by atomic mass is 35.5. The summed E-state index contributed by atoms with van der Waals surface area (Å²) >= 11 is 6.20. The van der Waals surface area contributed by atoms with E-state index in [-0.39, 0.29) is 17.3 Å². The number of hydrogen-bond donors (Lipinski definition) is 1. The van der Waals surface area contributed by atoms with Gasteiger partial charge >= 0.3 is 0 Å². The summed E-state index contributed by atoms with van der Waals surface area (Å²) in [4.78, 5) is 14.8. The quantitative estimate of drug-likeness (QED) is 0.805. The van der Waals surface area contributed by atoms with Crippen LogP contribution >= 0.6 is 11.6 Å². The van der Waals surface area contributed by atoms with Crippen LogP contribution in [-0.4, -0.2) is 56.3 Å². The number of halogens is 1. The predicted octanol–water partition coefficient (Wildman–Crippen LogP) is 3.04. The van der Waals surface area contributed by atoms with E-state index < -0.39 is 10.0 Å². The van der Waals surface area contributed by atoms with Crippen molar-refractivity contribution in [1.82, 2.24) is 9.21 Å². The number of hydrogen-bond acceptors (Lipinski definition) is 4. The zero-order valence-corrected chi connectivity index (χ0v) is 17.5. The van der Waals surface area contributed by atoms with Gasteiger partial charge in [0.1, 0.15) is 0 Å². The fraction of sp³-hybridized carbons (Fsp3) is 0.632. The second kappa shape index (κ2) is 8.47. The van der Waals surface area contributed by atoms with Gasteiger partial charge in [-0.2, -0.15) is 4.31 Å². The van der Waals surface area contributed by atoms with Crippen LogP contribution < -0.4 is 5.32 Å². The summed E-state index contributed by atoms with van der Waals surface area (Å²) < 4.78 is 27.0. The van der Waals surface area contributed by atoms with Crippen LogP contribution in [0.3, 0.4) is 0 Å². The van der Waals surface area contributed by atoms with E-state index in [1.54, 1.807) is 0 Å². The molecule has 2 atom stereocenters. The van der Waals surface area contributed by atoms with E-state index in [0.29, 0.717) is 35.6 Å². The minimum absolute atomic E-state index is 0.171. The number of nitrogens with zero attached hydrogens (tertiary/aromatic N) is 2. The molecule has 0 spiro atoms. The zero-order valence-electron chi connectivity index (χ0n) is 15.9. The number of carbonyl (C=O) groups is 1. The van der Waals surface area contributed by atoms with Crippen LogP contribution in [0, 0.1) is 11.8 Å². The van der Waals surface area contributed by atoms with Crippen LogP contribution in [0.4, 0.5) is 5.69 Å². The number of piperidine rings is 1. The van der Waals surface area contributed by atoms with Crippen molar-refractivity contribution in [3.63, 3.8) is 0 Å². The first-order chi connectivity index (χ1) is 12.8. The Morgan fingerprint density at radius 2 is 1.81 bits per heavy atom. The molecule has 2 aliphatic rings. The molecule has 0 radical (unpaired) electrons. The number of rotatable bonds is 5. The number of anilines is 1. The van der Waals surface area contributed by atoms with Crippen LogP contribution in [-0.2, 0) is 14.8 Å². The van der Waals surface area contributed by atoms with Gasteiger partial charge in [-0.15, -0.1) is 0 Å². The van der Waals surface area contributed by atoms with Crippen molar-refractivity contribution in [2.45, 2.75) is 38.0 Å². The van der Waals surface area contributed by atoms with E-state index >= 15 is 0 Å². The van der Waals surface area contributed by atoms with Crippen molar-refractivity contribution in [2.24, 2.45) is 11.8 Å². The van der Waals surface area contributed by atoms with E-state index in [2.05, 4.69) is 24.1 Å². The lowest BCUT2D eigenvalue weighted by molar-refractivity contribution is -0.117. The van der Waals surface area contributed by atoms with Gasteiger partial charge in [0.25, 0.3) is 0 Å². The third-order valence-electron chi connectivity index (χ3n) is 5.23. The molecule has 1 aromatic carbocycles. The lowest BCUT2D eigenvalue weighted by atomic mass is 9.92. The van der Waals surface area contributed by atoms with Crippen molar-refractivity contribution in [2.75, 3.05) is 38.0 Å². The molecule has 0 bridgehead atoms. The van der Waals surface area contributed by atoms with Crippen molar-refractivity contribution in [3.8, 4) is 0 Å². The second-order valence-electron chi connectivity index (χ2n) is 7.94. The van der Waals surface area contributed by atoms with Gasteiger partial charge in [-0.25, -0.2) is 8.42 Å². The van der Waals surface area contributed by atoms with Crippen molar-refractivity contribution in [3.05, 3.63) is 23.2 Å². The fourth-order valence-corrected chi connectivity index (χ4v) is 5.86. The summed E-state index contributed by atoms with van der Waals surface area (Å²) in [6, 6.07) is 4.50. The molecule has 0 saturated carbocycles. The van der Waals surface area contributed by atoms with Crippen LogP contribution in [0.15, 0.2) is 23.1 Å². The Hall–Kier alpha value is -1.15. The third kappa shape index (κ3) is 5.02. The standard InChI is InChI=1S/C19H28ClN3O3S/c1-14-9-15(2)12-22(11-14)13-19(24)21-18-10-16(5-6-17(18)20)27(25,26)23-7-3-4-8-23/h5-6,10,14-15H,3-4,7-9,11-13H2,1-2H3,(H,21,24)/t14-,15-/m0/s1. The molecule has 2 fully saturated rings. The Bertz CT molecular complexity index is 783. The largest absolute Gasteiger partial charge is 0.324 e. The summed E-state index contributed by atoms with van der Waals surface area (Å²) in [6.07, 6.45) is 2.94. The summed E-state index contributed by atoms with van der Waals surface area (Å²) in [7, 11) is -3.54. The van der Waals surface area contributed by atoms with Crippen LogP contribution in [0.1, 0.15) is 33.1 Å². The maximum Gasteiger partial charge on any atom is 0.243 e. The van der Waals surface area contributed by atoms with Gasteiger partial charge in [-0.05, 0) is 49.3 Å². The molecule has 0 aliphatic carbocycles. The number of benzene rings is 1. The zero-order chi connectivity index (χ0) is 19.6. The number of amides is 1. The van der Waals surface area contributed by atoms with Crippen molar-refractivity contribution < 1.29 is 13.2 Å². The fourth-order valence-electron chi connectivity index (χ4n) is 4.15. The molecule has 1 aromatic rings. The van der Waals surface area contributed by atoms with Crippen LogP contribution in [0.25, 0.3) is 0 Å². The molecule has 27 heavy (non-hydrogen) atoms. The first-order valence-corrected chi connectivity index (χ1v) is 11.4. The molecule has 150 valence electrons. The second-order valence-corrected chi connectivity index (χ2v) is 10.3. The minimum Gasteiger partial charge on any atom is -0.324 e. The molecule has 6 nitrogen and oxygen atoms in total. The molecule has 1 amide bonds. The number of likely N-dealkylation sites (tertiary alicyclic amines) is 1. The molecule has 0 unspecified atom stereocenters. The van der Waals surface area contributed by atoms with E-state index in [4.69, 9.17) is 11.6 Å². The Balaban J connectivity index is 1.70. The Kier molecular flexibility index (Phi) is 6.46. The molecular weight excluding hydrogens is 386 g/mol. The highest BCUT2D eigenvalue weighted by Crippen LogP contribution is 2.28. The van der Waals surface area contributed by atoms with Crippen molar-refractivity contribution in [1.29, 1.82) is 0 Å². The molecule has 3 rings (SSSR count). The topological polar surface area (TPSA) is 69.7 Å². The summed E-state index contributed by atoms with van der Waals surface area (Å²) in [5, 5.41) is 3.13. The molecule has 0 aromatic heterocycles. The smallest absolute Gasteiger partial charge is 0.243 e. The van der Waals surface area contributed by atoms with Crippen molar-refractivity contribution >= 4 is 33.2 Å². The SMILES string of the molecule is C[C@H]1C[C@H](C)CN(CC(=O)Nc2cc(S(=O)(=O)N3CCCC3)ccc2Cl)C1. The summed E-state index contributed by atoms with van der Waals surface area (Å²) in [6.45, 7) is 7.56. The van der Waals surface area contributed by atoms with Crippen LogP contribution in [0.2, 0.25) is 5.02 Å². The molecule has 2 saturated heterocycles. The van der Waals surface area contributed by atoms with E-state index in [1.807, 2.05) is 0 Å². The third-order valence-corrected chi connectivity index (χ3v) is 7.45. The lowest BCUT2D eigenvalue weighted by Crippen LogP contribution is -2.42. The van der Waals surface area contributed by atoms with E-state index in [9.17, 15) is 13.2 Å². The maximum atomic E-state index is 12.7. The average molecular weight is 414 g/mol. The van der Waals surface area contributed by atoms with Gasteiger partial charge in [-0.1, -0.05) is 25.4 Å². The molecule has 1 N–H and O–H groups in total. The average Bonchev–Trinajstić information content (AvgIpc) is 3.11. The minimum atomic E-state index is -3.54. The molecule has 8 heteroatoms. The monoisotopic (exact) mass is 413 g/mol. The van der Waals surface area contributed by atoms with Gasteiger partial charge < -0.3 is 5.32 Å². The first-order valence-electron chi connectivity index (χ1n) is 9.57. The van der Waals surface area contributed by atoms with Gasteiger partial charge in [0.05, 0.1) is 22.2 Å². The van der Waals surface area contributed by atoms with Gasteiger partial charge in [0.15, 0.2) is 0 Å². The van der Waals surface area contributed by atoms with Gasteiger partial charge in [0.2, 0.25) is 15.9 Å². The molecule has 2 heterocycles. The van der Waals surface area contributed by atoms with Gasteiger partial charge in [0, 0.05) is 26.2 Å². The normalized spacial score (nSPS) is 24.9. The van der Waals surface area contributed by atoms with Gasteiger partial charge in [-0.3, -0.25) is 9.69 Å². The number of sulfonamides is 1. The van der Waals surface area contributed by atoms with E-state index in [0.717, 1.165) is 25.9 Å². The number of carbonyl (C=O) groups excluding carboxylic acids is 1. The Morgan fingerprint density at radius 3 is 2.44 bits per heavy atom. The Morgan fingerprint density at radius 1 is 1.19 bits per heavy atom. The van der Waals surface area contributed by atoms with E-state index in [1.165, 1.54) is 28.9 Å². The number of nitrogens with one attached hydrogen (secondary N) is 1. The first kappa shape index (κ1) is 20.6. The molecule has 2 aliphatic heterocycles. The lowest BCUT2D eigenvalue weighted by Gasteiger charge is -2.34.